The molecule has 174 valence electrons. The molecular weight excluding hydrogens is 382 g/mol. The van der Waals surface area contributed by atoms with E-state index in [4.69, 9.17) is 5.11 Å². The quantitative estimate of drug-likeness (QED) is 0.180. The molecule has 0 heterocycles. The fourth-order valence-electron chi connectivity index (χ4n) is 2.97. The molecule has 7 heteroatoms. The van der Waals surface area contributed by atoms with Gasteiger partial charge in [0.25, 0.3) is 0 Å². The van der Waals surface area contributed by atoms with Crippen LogP contribution in [-0.2, 0) is 9.59 Å². The molecule has 4 N–H and O–H groups in total. The Labute approximate surface area is 182 Å². The first-order valence-corrected chi connectivity index (χ1v) is 11.7. The number of hydrogen-bond donors (Lipinski definition) is 4. The molecule has 0 aliphatic rings. The van der Waals surface area contributed by atoms with Crippen LogP contribution in [0.5, 0.6) is 0 Å². The molecule has 0 aromatic carbocycles. The molecule has 0 fully saturated rings. The highest BCUT2D eigenvalue weighted by molar-refractivity contribution is 5.83. The summed E-state index contributed by atoms with van der Waals surface area (Å²) in [7, 11) is 0. The number of carbonyl (C=O) groups is 3. The Morgan fingerprint density at radius 3 is 1.93 bits per heavy atom. The van der Waals surface area contributed by atoms with Crippen molar-refractivity contribution in [3.8, 4) is 0 Å². The van der Waals surface area contributed by atoms with Gasteiger partial charge in [-0.05, 0) is 51.4 Å². The van der Waals surface area contributed by atoms with Crippen molar-refractivity contribution in [1.29, 1.82) is 0 Å². The fourth-order valence-corrected chi connectivity index (χ4v) is 2.97. The number of urea groups is 1. The molecule has 0 rings (SSSR count). The summed E-state index contributed by atoms with van der Waals surface area (Å²) >= 11 is 0. The molecule has 30 heavy (non-hydrogen) atoms. The summed E-state index contributed by atoms with van der Waals surface area (Å²) in [6.07, 6.45) is 16.6. The van der Waals surface area contributed by atoms with Gasteiger partial charge in [-0.1, -0.05) is 51.7 Å². The molecule has 0 aliphatic carbocycles. The van der Waals surface area contributed by atoms with E-state index in [0.29, 0.717) is 19.4 Å². The van der Waals surface area contributed by atoms with Crippen LogP contribution in [0.4, 0.5) is 4.79 Å². The zero-order valence-electron chi connectivity index (χ0n) is 19.0. The highest BCUT2D eigenvalue weighted by atomic mass is 16.4. The number of carboxylic acids is 1. The summed E-state index contributed by atoms with van der Waals surface area (Å²) in [6, 6.07) is -0.836. The summed E-state index contributed by atoms with van der Waals surface area (Å²) in [6.45, 7) is 5.36. The third-order valence-electron chi connectivity index (χ3n) is 4.88. The zero-order valence-corrected chi connectivity index (χ0v) is 19.0. The van der Waals surface area contributed by atoms with Gasteiger partial charge in [0.15, 0.2) is 0 Å². The number of amides is 3. The van der Waals surface area contributed by atoms with E-state index in [1.54, 1.807) is 6.92 Å². The predicted octanol–water partition coefficient (Wildman–Crippen LogP) is 4.52. The van der Waals surface area contributed by atoms with Crippen molar-refractivity contribution in [3.05, 3.63) is 12.2 Å². The van der Waals surface area contributed by atoms with Crippen LogP contribution in [-0.4, -0.2) is 42.1 Å². The van der Waals surface area contributed by atoms with Crippen molar-refractivity contribution in [3.63, 3.8) is 0 Å². The maximum absolute atomic E-state index is 11.7. The Hall–Kier alpha value is -2.05. The number of rotatable bonds is 19. The van der Waals surface area contributed by atoms with Crippen molar-refractivity contribution in [1.82, 2.24) is 16.0 Å². The van der Waals surface area contributed by atoms with E-state index in [0.717, 1.165) is 77.2 Å². The van der Waals surface area contributed by atoms with Gasteiger partial charge in [0.05, 0.1) is 0 Å². The van der Waals surface area contributed by atoms with Gasteiger partial charge in [0, 0.05) is 19.5 Å². The minimum atomic E-state index is -0.975. The van der Waals surface area contributed by atoms with E-state index < -0.39 is 12.0 Å². The van der Waals surface area contributed by atoms with Gasteiger partial charge in [-0.15, -0.1) is 0 Å². The Bertz CT molecular complexity index is 495. The fraction of sp³-hybridized carbons (Fsp3) is 0.783. The minimum absolute atomic E-state index is 0.0637. The van der Waals surface area contributed by atoms with Crippen molar-refractivity contribution >= 4 is 17.9 Å². The van der Waals surface area contributed by atoms with E-state index in [1.807, 2.05) is 0 Å². The molecular formula is C23H43N3O4. The highest BCUT2D eigenvalue weighted by Crippen LogP contribution is 2.07. The summed E-state index contributed by atoms with van der Waals surface area (Å²) < 4.78 is 0. The second-order valence-corrected chi connectivity index (χ2v) is 7.68. The zero-order chi connectivity index (χ0) is 22.5. The Morgan fingerprint density at radius 1 is 0.800 bits per heavy atom. The highest BCUT2D eigenvalue weighted by Gasteiger charge is 2.16. The average molecular weight is 426 g/mol. The number of unbranched alkanes of at least 4 members (excludes halogenated alkanes) is 8. The van der Waals surface area contributed by atoms with Gasteiger partial charge in [-0.25, -0.2) is 9.59 Å². The molecule has 0 aromatic heterocycles. The van der Waals surface area contributed by atoms with E-state index in [-0.39, 0.29) is 11.9 Å². The number of carbonyl (C=O) groups excluding carboxylic acids is 2. The monoisotopic (exact) mass is 425 g/mol. The largest absolute Gasteiger partial charge is 0.480 e. The molecule has 1 unspecified atom stereocenters. The summed E-state index contributed by atoms with van der Waals surface area (Å²) in [4.78, 5) is 34.1. The third-order valence-corrected chi connectivity index (χ3v) is 4.88. The topological polar surface area (TPSA) is 108 Å². The Morgan fingerprint density at radius 2 is 1.37 bits per heavy atom. The maximum Gasteiger partial charge on any atom is 0.326 e. The number of carboxylic acid groups (broad SMARTS) is 1. The lowest BCUT2D eigenvalue weighted by molar-refractivity contribution is -0.141. The molecule has 0 spiro atoms. The van der Waals surface area contributed by atoms with Crippen molar-refractivity contribution < 1.29 is 19.5 Å². The number of allylic oxidation sites excluding steroid dienone is 2. The smallest absolute Gasteiger partial charge is 0.326 e. The normalized spacial score (nSPS) is 11.9. The molecule has 7 nitrogen and oxygen atoms in total. The van der Waals surface area contributed by atoms with E-state index >= 15 is 0 Å². The second-order valence-electron chi connectivity index (χ2n) is 7.68. The van der Waals surface area contributed by atoms with Crippen LogP contribution in [0, 0.1) is 0 Å². The lowest BCUT2D eigenvalue weighted by Gasteiger charge is -2.11. The van der Waals surface area contributed by atoms with Crippen LogP contribution in [0.3, 0.4) is 0 Å². The van der Waals surface area contributed by atoms with Crippen LogP contribution in [0.25, 0.3) is 0 Å². The van der Waals surface area contributed by atoms with E-state index in [9.17, 15) is 14.4 Å². The number of aliphatic carboxylic acids is 1. The van der Waals surface area contributed by atoms with Crippen LogP contribution >= 0.6 is 0 Å². The van der Waals surface area contributed by atoms with Crippen LogP contribution in [0.2, 0.25) is 0 Å². The first-order chi connectivity index (χ1) is 14.5. The Kier molecular flexibility index (Phi) is 18.8. The van der Waals surface area contributed by atoms with Gasteiger partial charge in [0.1, 0.15) is 6.04 Å². The van der Waals surface area contributed by atoms with Crippen LogP contribution < -0.4 is 16.0 Å². The molecule has 1 atom stereocenters. The van der Waals surface area contributed by atoms with Gasteiger partial charge in [-0.2, -0.15) is 0 Å². The van der Waals surface area contributed by atoms with Crippen molar-refractivity contribution in [2.24, 2.45) is 0 Å². The van der Waals surface area contributed by atoms with Gasteiger partial charge >= 0.3 is 12.0 Å². The van der Waals surface area contributed by atoms with Crippen LogP contribution in [0.15, 0.2) is 12.2 Å². The van der Waals surface area contributed by atoms with Gasteiger partial charge in [0.2, 0.25) is 5.91 Å². The lowest BCUT2D eigenvalue weighted by Crippen LogP contribution is -2.40. The first kappa shape index (κ1) is 27.9. The van der Waals surface area contributed by atoms with E-state index in [1.165, 1.54) is 0 Å². The van der Waals surface area contributed by atoms with Crippen molar-refractivity contribution in [2.45, 2.75) is 103 Å². The number of nitrogens with one attached hydrogen (secondary N) is 3. The van der Waals surface area contributed by atoms with Gasteiger partial charge < -0.3 is 21.1 Å². The molecule has 0 aliphatic heterocycles. The predicted molar refractivity (Wildman–Crippen MR) is 121 cm³/mol. The minimum Gasteiger partial charge on any atom is -0.480 e. The SMILES string of the molecule is CCCCCNC(=O)NCCCC/C=C\CCCCCCC(=O)NC(CC)C(=O)O. The molecule has 3 amide bonds. The maximum atomic E-state index is 11.7. The third kappa shape index (κ3) is 18.0. The summed E-state index contributed by atoms with van der Waals surface area (Å²) in [5, 5.41) is 17.2. The summed E-state index contributed by atoms with van der Waals surface area (Å²) in [5.41, 5.74) is 0. The molecule has 0 radical (unpaired) electrons. The first-order valence-electron chi connectivity index (χ1n) is 11.7. The van der Waals surface area contributed by atoms with Crippen molar-refractivity contribution in [2.75, 3.05) is 13.1 Å². The van der Waals surface area contributed by atoms with Crippen LogP contribution in [0.1, 0.15) is 97.3 Å². The molecule has 0 bridgehead atoms. The molecule has 0 saturated carbocycles. The average Bonchev–Trinajstić information content (AvgIpc) is 2.72. The van der Waals surface area contributed by atoms with E-state index in [2.05, 4.69) is 35.0 Å². The lowest BCUT2D eigenvalue weighted by atomic mass is 10.1. The summed E-state index contributed by atoms with van der Waals surface area (Å²) in [5.74, 6) is -1.15. The standard InChI is InChI=1S/C23H43N3O4/c1-3-5-15-18-24-23(30)25-19-16-13-11-9-7-6-8-10-12-14-17-21(27)26-20(4-2)22(28)29/h7,9,20H,3-6,8,10-19H2,1-2H3,(H,26,27)(H,28,29)(H2,24,25,30)/b9-7-. The van der Waals surface area contributed by atoms with Gasteiger partial charge in [-0.3, -0.25) is 4.79 Å². The Balaban J connectivity index is 3.43. The molecule has 0 saturated heterocycles. The number of hydrogen-bond acceptors (Lipinski definition) is 3. The molecule has 0 aromatic rings. The second kappa shape index (κ2) is 20.2.